The summed E-state index contributed by atoms with van der Waals surface area (Å²) in [7, 11) is 1.81. The average molecular weight is 245 g/mol. The molecule has 0 saturated heterocycles. The summed E-state index contributed by atoms with van der Waals surface area (Å²) < 4.78 is 40.3. The molecule has 17 heavy (non-hydrogen) atoms. The number of benzene rings is 1. The Bertz CT molecular complexity index is 417. The minimum Gasteiger partial charge on any atom is -0.406 e. The predicted molar refractivity (Wildman–Crippen MR) is 57.8 cm³/mol. The zero-order chi connectivity index (χ0) is 12.6. The fourth-order valence-corrected chi connectivity index (χ4v) is 2.46. The fourth-order valence-electron chi connectivity index (χ4n) is 2.46. The van der Waals surface area contributed by atoms with Crippen LogP contribution < -0.4 is 10.1 Å². The molecule has 5 heteroatoms. The third-order valence-electron chi connectivity index (χ3n) is 3.11. The smallest absolute Gasteiger partial charge is 0.406 e. The van der Waals surface area contributed by atoms with E-state index in [0.29, 0.717) is 5.92 Å². The molecule has 0 amide bonds. The first kappa shape index (κ1) is 12.2. The molecular weight excluding hydrogens is 231 g/mol. The first-order chi connectivity index (χ1) is 7.90. The predicted octanol–water partition coefficient (Wildman–Crippen LogP) is 3.04. The number of nitrogens with one attached hydrogen (secondary N) is 1. The van der Waals surface area contributed by atoms with Gasteiger partial charge in [0.2, 0.25) is 0 Å². The van der Waals surface area contributed by atoms with E-state index in [2.05, 4.69) is 17.0 Å². The molecule has 0 spiro atoms. The molecule has 2 atom stereocenters. The zero-order valence-corrected chi connectivity index (χ0v) is 9.64. The molecule has 1 aromatic rings. The van der Waals surface area contributed by atoms with Gasteiger partial charge in [-0.1, -0.05) is 13.0 Å². The summed E-state index contributed by atoms with van der Waals surface area (Å²) in [6.45, 7) is 2.07. The van der Waals surface area contributed by atoms with Crippen molar-refractivity contribution in [2.75, 3.05) is 7.05 Å². The molecule has 2 nitrogen and oxygen atoms in total. The van der Waals surface area contributed by atoms with Gasteiger partial charge in [-0.3, -0.25) is 0 Å². The molecule has 0 fully saturated rings. The maximum atomic E-state index is 12.1. The van der Waals surface area contributed by atoms with Crippen LogP contribution in [0.4, 0.5) is 13.2 Å². The van der Waals surface area contributed by atoms with Gasteiger partial charge in [-0.15, -0.1) is 13.2 Å². The molecule has 1 aliphatic carbocycles. The van der Waals surface area contributed by atoms with Crippen LogP contribution in [0.2, 0.25) is 0 Å². The van der Waals surface area contributed by atoms with Crippen LogP contribution in [-0.4, -0.2) is 13.4 Å². The van der Waals surface area contributed by atoms with Gasteiger partial charge in [-0.2, -0.15) is 0 Å². The maximum absolute atomic E-state index is 12.1. The summed E-state index contributed by atoms with van der Waals surface area (Å²) in [6, 6.07) is 4.66. The standard InChI is InChI=1S/C12H14F3NO/c1-7-5-8-3-4-9(17-12(13,14)15)6-10(8)11(7)16-2/h3-4,6-7,11,16H,5H2,1-2H3. The second kappa shape index (κ2) is 4.22. The van der Waals surface area contributed by atoms with E-state index in [1.165, 1.54) is 12.1 Å². The second-order valence-electron chi connectivity index (χ2n) is 4.36. The van der Waals surface area contributed by atoms with Gasteiger partial charge in [0.25, 0.3) is 0 Å². The van der Waals surface area contributed by atoms with E-state index in [1.54, 1.807) is 6.07 Å². The van der Waals surface area contributed by atoms with E-state index >= 15 is 0 Å². The average Bonchev–Trinajstić information content (AvgIpc) is 2.50. The largest absolute Gasteiger partial charge is 0.573 e. The maximum Gasteiger partial charge on any atom is 0.573 e. The first-order valence-corrected chi connectivity index (χ1v) is 5.46. The van der Waals surface area contributed by atoms with Crippen molar-refractivity contribution in [1.29, 1.82) is 0 Å². The van der Waals surface area contributed by atoms with Gasteiger partial charge >= 0.3 is 6.36 Å². The van der Waals surface area contributed by atoms with Crippen molar-refractivity contribution in [2.45, 2.75) is 25.7 Å². The van der Waals surface area contributed by atoms with E-state index in [-0.39, 0.29) is 11.8 Å². The van der Waals surface area contributed by atoms with E-state index in [0.717, 1.165) is 17.5 Å². The van der Waals surface area contributed by atoms with Crippen molar-refractivity contribution < 1.29 is 17.9 Å². The minimum absolute atomic E-state index is 0.0989. The van der Waals surface area contributed by atoms with Gasteiger partial charge in [0, 0.05) is 6.04 Å². The lowest BCUT2D eigenvalue weighted by atomic mass is 10.0. The Morgan fingerprint density at radius 3 is 2.65 bits per heavy atom. The highest BCUT2D eigenvalue weighted by Gasteiger charge is 2.33. The number of hydrogen-bond donors (Lipinski definition) is 1. The van der Waals surface area contributed by atoms with Crippen LogP contribution in [0.5, 0.6) is 5.75 Å². The molecule has 0 aliphatic heterocycles. The second-order valence-corrected chi connectivity index (χ2v) is 4.36. The normalized spacial score (nSPS) is 23.6. The highest BCUT2D eigenvalue weighted by atomic mass is 19.4. The van der Waals surface area contributed by atoms with Crippen molar-refractivity contribution >= 4 is 0 Å². The van der Waals surface area contributed by atoms with Crippen LogP contribution in [0.15, 0.2) is 18.2 Å². The number of rotatable bonds is 2. The summed E-state index contributed by atoms with van der Waals surface area (Å²) in [5, 5.41) is 3.12. The summed E-state index contributed by atoms with van der Waals surface area (Å²) >= 11 is 0. The lowest BCUT2D eigenvalue weighted by Gasteiger charge is -2.16. The van der Waals surface area contributed by atoms with Gasteiger partial charge < -0.3 is 10.1 Å². The van der Waals surface area contributed by atoms with Crippen LogP contribution >= 0.6 is 0 Å². The Hall–Kier alpha value is -1.23. The van der Waals surface area contributed by atoms with Crippen LogP contribution in [-0.2, 0) is 6.42 Å². The molecule has 1 aliphatic rings. The van der Waals surface area contributed by atoms with Gasteiger partial charge in [0.05, 0.1) is 0 Å². The quantitative estimate of drug-likeness (QED) is 0.864. The Morgan fingerprint density at radius 1 is 1.35 bits per heavy atom. The number of fused-ring (bicyclic) bond motifs is 1. The SMILES string of the molecule is CNC1c2cc(OC(F)(F)F)ccc2CC1C. The summed E-state index contributed by atoms with van der Waals surface area (Å²) in [5.41, 5.74) is 1.99. The highest BCUT2D eigenvalue weighted by molar-refractivity contribution is 5.41. The van der Waals surface area contributed by atoms with Crippen molar-refractivity contribution in [3.05, 3.63) is 29.3 Å². The summed E-state index contributed by atoms with van der Waals surface area (Å²) in [5.74, 6) is 0.238. The molecule has 1 N–H and O–H groups in total. The molecule has 0 saturated carbocycles. The van der Waals surface area contributed by atoms with E-state index in [1.807, 2.05) is 7.05 Å². The molecule has 0 radical (unpaired) electrons. The topological polar surface area (TPSA) is 21.3 Å². The lowest BCUT2D eigenvalue weighted by molar-refractivity contribution is -0.274. The third kappa shape index (κ3) is 2.54. The number of hydrogen-bond acceptors (Lipinski definition) is 2. The molecule has 2 unspecified atom stereocenters. The Balaban J connectivity index is 2.28. The molecule has 94 valence electrons. The molecule has 1 aromatic carbocycles. The highest BCUT2D eigenvalue weighted by Crippen LogP contribution is 2.38. The first-order valence-electron chi connectivity index (χ1n) is 5.46. The van der Waals surface area contributed by atoms with Gasteiger partial charge in [-0.05, 0) is 42.6 Å². The van der Waals surface area contributed by atoms with Gasteiger partial charge in [0.1, 0.15) is 5.75 Å². The third-order valence-corrected chi connectivity index (χ3v) is 3.11. The van der Waals surface area contributed by atoms with Crippen molar-refractivity contribution in [3.8, 4) is 5.75 Å². The lowest BCUT2D eigenvalue weighted by Crippen LogP contribution is -2.20. The van der Waals surface area contributed by atoms with Crippen molar-refractivity contribution in [3.63, 3.8) is 0 Å². The van der Waals surface area contributed by atoms with Crippen molar-refractivity contribution in [1.82, 2.24) is 5.32 Å². The Labute approximate surface area is 97.8 Å². The van der Waals surface area contributed by atoms with Gasteiger partial charge in [-0.25, -0.2) is 0 Å². The van der Waals surface area contributed by atoms with E-state index in [4.69, 9.17) is 0 Å². The molecule has 0 heterocycles. The van der Waals surface area contributed by atoms with E-state index in [9.17, 15) is 13.2 Å². The molecular formula is C12H14F3NO. The number of ether oxygens (including phenoxy) is 1. The van der Waals surface area contributed by atoms with Crippen LogP contribution in [0.25, 0.3) is 0 Å². The minimum atomic E-state index is -4.63. The van der Waals surface area contributed by atoms with Crippen LogP contribution in [0.1, 0.15) is 24.1 Å². The number of halogens is 3. The van der Waals surface area contributed by atoms with Crippen LogP contribution in [0, 0.1) is 5.92 Å². The molecule has 0 bridgehead atoms. The van der Waals surface area contributed by atoms with E-state index < -0.39 is 6.36 Å². The zero-order valence-electron chi connectivity index (χ0n) is 9.64. The molecule has 2 rings (SSSR count). The Kier molecular flexibility index (Phi) is 3.03. The monoisotopic (exact) mass is 245 g/mol. The Morgan fingerprint density at radius 2 is 2.06 bits per heavy atom. The van der Waals surface area contributed by atoms with Crippen molar-refractivity contribution in [2.24, 2.45) is 5.92 Å². The van der Waals surface area contributed by atoms with Crippen LogP contribution in [0.3, 0.4) is 0 Å². The summed E-state index contributed by atoms with van der Waals surface area (Å²) in [6.07, 6.45) is -3.75. The fraction of sp³-hybridized carbons (Fsp3) is 0.500. The molecule has 0 aromatic heterocycles. The summed E-state index contributed by atoms with van der Waals surface area (Å²) in [4.78, 5) is 0. The number of alkyl halides is 3. The van der Waals surface area contributed by atoms with Gasteiger partial charge in [0.15, 0.2) is 0 Å².